The van der Waals surface area contributed by atoms with Crippen molar-refractivity contribution in [1.82, 2.24) is 9.97 Å². The molecule has 0 bridgehead atoms. The molecule has 2 rings (SSSR count). The molecule has 128 valence electrons. The Bertz CT molecular complexity index is 727. The maximum atomic E-state index is 12.0. The Kier molecular flexibility index (Phi) is 6.84. The Balaban J connectivity index is 2.21. The second-order valence-corrected chi connectivity index (χ2v) is 5.85. The summed E-state index contributed by atoms with van der Waals surface area (Å²) in [6, 6.07) is 5.21. The average Bonchev–Trinajstić information content (AvgIpc) is 2.60. The van der Waals surface area contributed by atoms with Crippen molar-refractivity contribution in [3.8, 4) is 5.88 Å². The highest BCUT2D eigenvalue weighted by Gasteiger charge is 2.17. The lowest BCUT2D eigenvalue weighted by Gasteiger charge is -2.11. The highest BCUT2D eigenvalue weighted by molar-refractivity contribution is 7.98. The number of hydrogen-bond acceptors (Lipinski definition) is 7. The minimum absolute atomic E-state index is 0.129. The van der Waals surface area contributed by atoms with Crippen LogP contribution >= 0.6 is 23.4 Å². The van der Waals surface area contributed by atoms with Crippen molar-refractivity contribution in [2.75, 3.05) is 12.9 Å². The van der Waals surface area contributed by atoms with Crippen molar-refractivity contribution >= 4 is 29.3 Å². The van der Waals surface area contributed by atoms with Crippen LogP contribution in [0.2, 0.25) is 5.02 Å². The van der Waals surface area contributed by atoms with E-state index in [2.05, 4.69) is 9.97 Å². The number of thioether (sulfide) groups is 1. The number of hydrogen-bond donors (Lipinski definition) is 1. The van der Waals surface area contributed by atoms with Gasteiger partial charge in [-0.2, -0.15) is 4.98 Å². The van der Waals surface area contributed by atoms with Crippen LogP contribution in [0.3, 0.4) is 0 Å². The summed E-state index contributed by atoms with van der Waals surface area (Å²) in [5, 5.41) is 10.1. The van der Waals surface area contributed by atoms with Gasteiger partial charge in [-0.3, -0.25) is 0 Å². The largest absolute Gasteiger partial charge is 0.472 e. The van der Waals surface area contributed by atoms with Gasteiger partial charge < -0.3 is 14.6 Å². The quantitative estimate of drug-likeness (QED) is 0.456. The van der Waals surface area contributed by atoms with Gasteiger partial charge in [0.15, 0.2) is 5.16 Å². The van der Waals surface area contributed by atoms with Crippen molar-refractivity contribution in [2.24, 2.45) is 0 Å². The minimum atomic E-state index is -0.534. The molecule has 0 aliphatic rings. The first kappa shape index (κ1) is 18.5. The predicted octanol–water partition coefficient (Wildman–Crippen LogP) is 3.10. The molecule has 24 heavy (non-hydrogen) atoms. The number of nitrogens with zero attached hydrogens (tertiary/aromatic N) is 2. The van der Waals surface area contributed by atoms with Gasteiger partial charge in [0.2, 0.25) is 5.88 Å². The molecule has 1 aromatic heterocycles. The fraction of sp³-hybridized carbons (Fsp3) is 0.312. The zero-order valence-electron chi connectivity index (χ0n) is 13.3. The Morgan fingerprint density at radius 3 is 2.83 bits per heavy atom. The van der Waals surface area contributed by atoms with Crippen molar-refractivity contribution < 1.29 is 19.4 Å². The van der Waals surface area contributed by atoms with E-state index in [4.69, 9.17) is 26.2 Å². The highest BCUT2D eigenvalue weighted by atomic mass is 35.5. The van der Waals surface area contributed by atoms with E-state index in [0.717, 1.165) is 5.56 Å². The summed E-state index contributed by atoms with van der Waals surface area (Å²) in [4.78, 5) is 20.3. The van der Waals surface area contributed by atoms with Crippen molar-refractivity contribution in [3.05, 3.63) is 46.1 Å². The summed E-state index contributed by atoms with van der Waals surface area (Å²) >= 11 is 7.41. The molecule has 6 nitrogen and oxygen atoms in total. The van der Waals surface area contributed by atoms with E-state index >= 15 is 0 Å². The van der Waals surface area contributed by atoms with E-state index in [0.29, 0.717) is 15.7 Å². The number of aliphatic hydroxyl groups excluding tert-OH is 1. The van der Waals surface area contributed by atoms with E-state index in [-0.39, 0.29) is 31.3 Å². The third kappa shape index (κ3) is 4.59. The first-order chi connectivity index (χ1) is 11.6. The molecule has 0 amide bonds. The molecule has 0 aliphatic carbocycles. The first-order valence-electron chi connectivity index (χ1n) is 7.18. The van der Waals surface area contributed by atoms with Gasteiger partial charge in [-0.25, -0.2) is 9.78 Å². The molecule has 8 heteroatoms. The van der Waals surface area contributed by atoms with Crippen molar-refractivity contribution in [3.63, 3.8) is 0 Å². The molecule has 0 radical (unpaired) electrons. The number of aromatic nitrogens is 2. The van der Waals surface area contributed by atoms with Crippen LogP contribution in [0, 0.1) is 0 Å². The molecule has 0 saturated carbocycles. The van der Waals surface area contributed by atoms with Gasteiger partial charge in [0.1, 0.15) is 12.2 Å². The van der Waals surface area contributed by atoms with Crippen LogP contribution in [0.1, 0.15) is 28.4 Å². The second-order valence-electron chi connectivity index (χ2n) is 4.67. The van der Waals surface area contributed by atoms with Crippen LogP contribution in [-0.2, 0) is 18.0 Å². The fourth-order valence-electron chi connectivity index (χ4n) is 1.87. The normalized spacial score (nSPS) is 10.5. The summed E-state index contributed by atoms with van der Waals surface area (Å²) in [6.07, 6.45) is 3.23. The van der Waals surface area contributed by atoms with Gasteiger partial charge in [0.05, 0.1) is 13.2 Å². The van der Waals surface area contributed by atoms with E-state index in [1.54, 1.807) is 25.1 Å². The van der Waals surface area contributed by atoms with Crippen molar-refractivity contribution in [2.45, 2.75) is 25.3 Å². The first-order valence-corrected chi connectivity index (χ1v) is 8.78. The average molecular weight is 369 g/mol. The van der Waals surface area contributed by atoms with Crippen LogP contribution in [0.4, 0.5) is 0 Å². The lowest BCUT2D eigenvalue weighted by atomic mass is 10.1. The van der Waals surface area contributed by atoms with Gasteiger partial charge in [0, 0.05) is 11.2 Å². The van der Waals surface area contributed by atoms with Crippen molar-refractivity contribution in [1.29, 1.82) is 0 Å². The van der Waals surface area contributed by atoms with Gasteiger partial charge in [-0.1, -0.05) is 35.5 Å². The van der Waals surface area contributed by atoms with Crippen LogP contribution in [0.25, 0.3) is 0 Å². The lowest BCUT2D eigenvalue weighted by molar-refractivity contribution is 0.0519. The molecule has 1 aromatic carbocycles. The topological polar surface area (TPSA) is 81.5 Å². The number of benzene rings is 1. The van der Waals surface area contributed by atoms with Gasteiger partial charge in [-0.05, 0) is 30.4 Å². The number of halogens is 1. The molecule has 1 N–H and O–H groups in total. The third-order valence-corrected chi connectivity index (χ3v) is 3.99. The monoisotopic (exact) mass is 368 g/mol. The number of rotatable bonds is 7. The number of aliphatic hydroxyl groups is 1. The van der Waals surface area contributed by atoms with Gasteiger partial charge >= 0.3 is 5.97 Å². The smallest absolute Gasteiger partial charge is 0.345 e. The van der Waals surface area contributed by atoms with E-state index in [1.165, 1.54) is 18.0 Å². The van der Waals surface area contributed by atoms with Crippen LogP contribution in [-0.4, -0.2) is 33.9 Å². The molecule has 2 aromatic rings. The summed E-state index contributed by atoms with van der Waals surface area (Å²) in [6.45, 7) is 2.01. The van der Waals surface area contributed by atoms with E-state index < -0.39 is 5.97 Å². The SMILES string of the molecule is CCOC(=O)c1cnc(SC)nc1OCc1ccc(CO)c(Cl)c1. The molecule has 0 unspecified atom stereocenters. The molecule has 0 atom stereocenters. The summed E-state index contributed by atoms with van der Waals surface area (Å²) in [7, 11) is 0. The van der Waals surface area contributed by atoms with Gasteiger partial charge in [0.25, 0.3) is 0 Å². The standard InChI is InChI=1S/C16H17ClN2O4S/c1-3-22-15(21)12-7-18-16(24-2)19-14(12)23-9-10-4-5-11(8-20)13(17)6-10/h4-7,20H,3,8-9H2,1-2H3. The van der Waals surface area contributed by atoms with E-state index in [9.17, 15) is 4.79 Å². The number of carbonyl (C=O) groups excluding carboxylic acids is 1. The Morgan fingerprint density at radius 2 is 2.21 bits per heavy atom. The maximum absolute atomic E-state index is 12.0. The molecule has 0 saturated heterocycles. The lowest BCUT2D eigenvalue weighted by Crippen LogP contribution is -2.10. The third-order valence-electron chi connectivity index (χ3n) is 3.07. The number of ether oxygens (including phenoxy) is 2. The zero-order valence-corrected chi connectivity index (χ0v) is 14.9. The summed E-state index contributed by atoms with van der Waals surface area (Å²) in [5.41, 5.74) is 1.60. The maximum Gasteiger partial charge on any atom is 0.345 e. The molecule has 0 spiro atoms. The zero-order chi connectivity index (χ0) is 17.5. The summed E-state index contributed by atoms with van der Waals surface area (Å²) < 4.78 is 10.7. The molecule has 1 heterocycles. The van der Waals surface area contributed by atoms with Gasteiger partial charge in [-0.15, -0.1) is 0 Å². The Morgan fingerprint density at radius 1 is 1.42 bits per heavy atom. The Labute approximate surface area is 149 Å². The van der Waals surface area contributed by atoms with E-state index in [1.807, 2.05) is 6.26 Å². The van der Waals surface area contributed by atoms with Crippen LogP contribution in [0.5, 0.6) is 5.88 Å². The van der Waals surface area contributed by atoms with Crippen LogP contribution < -0.4 is 4.74 Å². The molecule has 0 aliphatic heterocycles. The molecular weight excluding hydrogens is 352 g/mol. The second kappa shape index (κ2) is 8.86. The summed E-state index contributed by atoms with van der Waals surface area (Å²) in [5.74, 6) is -0.371. The molecular formula is C16H17ClN2O4S. The predicted molar refractivity (Wildman–Crippen MR) is 91.5 cm³/mol. The Hall–Kier alpha value is -1.83. The fourth-order valence-corrected chi connectivity index (χ4v) is 2.46. The number of carbonyl (C=O) groups is 1. The molecule has 0 fully saturated rings. The van der Waals surface area contributed by atoms with Crippen LogP contribution in [0.15, 0.2) is 29.6 Å². The highest BCUT2D eigenvalue weighted by Crippen LogP contribution is 2.22. The number of esters is 1. The minimum Gasteiger partial charge on any atom is -0.472 e.